The topological polar surface area (TPSA) is 105 Å². The number of nitrogens with one attached hydrogen (secondary N) is 2. The van der Waals surface area contributed by atoms with Crippen molar-refractivity contribution < 1.29 is 26.8 Å². The van der Waals surface area contributed by atoms with Crippen molar-refractivity contribution in [3.8, 4) is 0 Å². The number of aryl methyl sites for hydroxylation is 1. The van der Waals surface area contributed by atoms with Crippen LogP contribution in [0.2, 0.25) is 0 Å². The summed E-state index contributed by atoms with van der Waals surface area (Å²) in [6.07, 6.45) is 2.71. The van der Waals surface area contributed by atoms with E-state index in [9.17, 15) is 22.4 Å². The van der Waals surface area contributed by atoms with Gasteiger partial charge in [0.05, 0.1) is 11.2 Å². The number of carbonyl (C=O) groups is 2. The first-order valence-electron chi connectivity index (χ1n) is 10.0. The van der Waals surface area contributed by atoms with E-state index in [1.807, 2.05) is 30.3 Å². The number of halogens is 1. The van der Waals surface area contributed by atoms with E-state index in [0.29, 0.717) is 13.0 Å². The van der Waals surface area contributed by atoms with Crippen LogP contribution in [0.15, 0.2) is 82.3 Å². The van der Waals surface area contributed by atoms with Crippen LogP contribution >= 0.6 is 0 Å². The summed E-state index contributed by atoms with van der Waals surface area (Å²) in [6.45, 7) is -0.0832. The van der Waals surface area contributed by atoms with Crippen LogP contribution in [-0.4, -0.2) is 33.3 Å². The molecule has 168 valence electrons. The number of rotatable bonds is 9. The van der Waals surface area contributed by atoms with Gasteiger partial charge in [-0.3, -0.25) is 9.59 Å². The highest BCUT2D eigenvalue weighted by atomic mass is 32.2. The number of carbonyl (C=O) groups excluding carboxylic acids is 2. The lowest BCUT2D eigenvalue weighted by atomic mass is 10.1. The third-order valence-corrected chi connectivity index (χ3v) is 6.88. The van der Waals surface area contributed by atoms with E-state index < -0.39 is 32.7 Å². The van der Waals surface area contributed by atoms with Gasteiger partial charge in [-0.15, -0.1) is 0 Å². The van der Waals surface area contributed by atoms with Crippen LogP contribution in [-0.2, 0) is 25.8 Å². The second kappa shape index (κ2) is 10.7. The Hall–Kier alpha value is -3.46. The van der Waals surface area contributed by atoms with Gasteiger partial charge in [0.1, 0.15) is 16.8 Å². The number of sulfone groups is 1. The first-order valence-corrected chi connectivity index (χ1v) is 11.6. The highest BCUT2D eigenvalue weighted by Crippen LogP contribution is 2.29. The van der Waals surface area contributed by atoms with E-state index in [0.717, 1.165) is 36.2 Å². The molecule has 7 nitrogen and oxygen atoms in total. The average Bonchev–Trinajstić information content (AvgIpc) is 3.32. The molecule has 2 aromatic carbocycles. The molecule has 0 aliphatic carbocycles. The lowest BCUT2D eigenvalue weighted by molar-refractivity contribution is -0.139. The molecule has 0 saturated carbocycles. The van der Waals surface area contributed by atoms with Gasteiger partial charge in [0.25, 0.3) is 0 Å². The molecular weight excluding hydrogens is 435 g/mol. The molecule has 0 unspecified atom stereocenters. The molecule has 1 atom stereocenters. The van der Waals surface area contributed by atoms with Gasteiger partial charge in [0.15, 0.2) is 9.84 Å². The maximum Gasteiger partial charge on any atom is 0.309 e. The van der Waals surface area contributed by atoms with E-state index in [4.69, 9.17) is 4.42 Å². The Morgan fingerprint density at radius 1 is 0.906 bits per heavy atom. The van der Waals surface area contributed by atoms with Crippen molar-refractivity contribution in [2.45, 2.75) is 23.0 Å². The smallest absolute Gasteiger partial charge is 0.309 e. The third kappa shape index (κ3) is 6.04. The molecule has 3 rings (SSSR count). The Kier molecular flexibility index (Phi) is 7.77. The third-order valence-electron chi connectivity index (χ3n) is 4.80. The fourth-order valence-electron chi connectivity index (χ4n) is 3.11. The minimum Gasteiger partial charge on any atom is -0.468 e. The minimum absolute atomic E-state index is 0.0953. The Bertz CT molecular complexity index is 1130. The van der Waals surface area contributed by atoms with Crippen LogP contribution in [0.3, 0.4) is 0 Å². The maximum atomic E-state index is 13.2. The highest BCUT2D eigenvalue weighted by Gasteiger charge is 2.32. The molecule has 0 bridgehead atoms. The number of hydrogen-bond acceptors (Lipinski definition) is 5. The SMILES string of the molecule is O=C(NCCCc1ccccc1)C(=O)NC[C@H](c1ccco1)S(=O)(=O)c1ccc(F)cc1. The van der Waals surface area contributed by atoms with E-state index in [1.165, 1.54) is 18.4 Å². The molecule has 0 aliphatic heterocycles. The summed E-state index contributed by atoms with van der Waals surface area (Å²) in [7, 11) is -4.02. The van der Waals surface area contributed by atoms with Crippen molar-refractivity contribution in [1.82, 2.24) is 10.6 Å². The summed E-state index contributed by atoms with van der Waals surface area (Å²) >= 11 is 0. The monoisotopic (exact) mass is 458 g/mol. The van der Waals surface area contributed by atoms with Crippen LogP contribution in [0.5, 0.6) is 0 Å². The van der Waals surface area contributed by atoms with Gasteiger partial charge in [-0.1, -0.05) is 30.3 Å². The molecule has 0 radical (unpaired) electrons. The molecule has 0 saturated heterocycles. The number of furan rings is 1. The number of benzene rings is 2. The number of hydrogen-bond donors (Lipinski definition) is 2. The van der Waals surface area contributed by atoms with Gasteiger partial charge in [0.2, 0.25) is 0 Å². The summed E-state index contributed by atoms with van der Waals surface area (Å²) in [6, 6.07) is 17.1. The maximum absolute atomic E-state index is 13.2. The zero-order valence-electron chi connectivity index (χ0n) is 17.2. The second-order valence-electron chi connectivity index (χ2n) is 7.06. The minimum atomic E-state index is -4.02. The molecule has 32 heavy (non-hydrogen) atoms. The summed E-state index contributed by atoms with van der Waals surface area (Å²) in [5.74, 6) is -2.28. The molecule has 2 amide bonds. The molecular formula is C23H23FN2O5S. The number of amides is 2. The fourth-order valence-corrected chi connectivity index (χ4v) is 4.70. The van der Waals surface area contributed by atoms with Gasteiger partial charge >= 0.3 is 11.8 Å². The van der Waals surface area contributed by atoms with E-state index in [1.54, 1.807) is 0 Å². The highest BCUT2D eigenvalue weighted by molar-refractivity contribution is 7.91. The molecule has 2 N–H and O–H groups in total. The zero-order valence-corrected chi connectivity index (χ0v) is 18.0. The first-order chi connectivity index (χ1) is 15.4. The first kappa shape index (κ1) is 23.2. The van der Waals surface area contributed by atoms with E-state index >= 15 is 0 Å². The van der Waals surface area contributed by atoms with Crippen molar-refractivity contribution in [3.63, 3.8) is 0 Å². The Labute approximate surface area is 185 Å². The van der Waals surface area contributed by atoms with Crippen LogP contribution < -0.4 is 10.6 Å². The molecule has 1 heterocycles. The van der Waals surface area contributed by atoms with Gasteiger partial charge in [0, 0.05) is 13.1 Å². The molecule has 0 aliphatic rings. The largest absolute Gasteiger partial charge is 0.468 e. The van der Waals surface area contributed by atoms with Gasteiger partial charge in [-0.25, -0.2) is 12.8 Å². The van der Waals surface area contributed by atoms with Crippen LogP contribution in [0.1, 0.15) is 23.0 Å². The average molecular weight is 459 g/mol. The van der Waals surface area contributed by atoms with Crippen LogP contribution in [0.4, 0.5) is 4.39 Å². The molecule has 0 fully saturated rings. The Morgan fingerprint density at radius 2 is 1.59 bits per heavy atom. The summed E-state index contributed by atoms with van der Waals surface area (Å²) < 4.78 is 44.5. The van der Waals surface area contributed by atoms with Gasteiger partial charge in [-0.2, -0.15) is 0 Å². The van der Waals surface area contributed by atoms with Gasteiger partial charge in [-0.05, 0) is 54.8 Å². The Morgan fingerprint density at radius 3 is 2.25 bits per heavy atom. The van der Waals surface area contributed by atoms with Gasteiger partial charge < -0.3 is 15.1 Å². The van der Waals surface area contributed by atoms with Crippen LogP contribution in [0.25, 0.3) is 0 Å². The predicted octanol–water partition coefficient (Wildman–Crippen LogP) is 2.80. The zero-order chi connectivity index (χ0) is 23.0. The Balaban J connectivity index is 1.58. The van der Waals surface area contributed by atoms with Crippen molar-refractivity contribution >= 4 is 21.7 Å². The normalized spacial score (nSPS) is 12.2. The van der Waals surface area contributed by atoms with Crippen molar-refractivity contribution in [2.24, 2.45) is 0 Å². The predicted molar refractivity (Wildman–Crippen MR) is 116 cm³/mol. The lowest BCUT2D eigenvalue weighted by Gasteiger charge is -2.16. The molecule has 9 heteroatoms. The van der Waals surface area contributed by atoms with E-state index in [-0.39, 0.29) is 17.2 Å². The summed E-state index contributed by atoms with van der Waals surface area (Å²) in [4.78, 5) is 24.1. The lowest BCUT2D eigenvalue weighted by Crippen LogP contribution is -2.42. The van der Waals surface area contributed by atoms with Crippen molar-refractivity contribution in [2.75, 3.05) is 13.1 Å². The second-order valence-corrected chi connectivity index (χ2v) is 9.19. The standard InChI is InChI=1S/C23H23FN2O5S/c24-18-10-12-19(13-11-18)32(29,30)21(20-9-5-15-31-20)16-26-23(28)22(27)25-14-4-8-17-6-2-1-3-7-17/h1-3,5-7,9-13,15,21H,4,8,14,16H2,(H,25,27)(H,26,28)/t21-/m1/s1. The van der Waals surface area contributed by atoms with E-state index in [2.05, 4.69) is 10.6 Å². The molecule has 0 spiro atoms. The fraction of sp³-hybridized carbons (Fsp3) is 0.217. The molecule has 3 aromatic rings. The van der Waals surface area contributed by atoms with Crippen molar-refractivity contribution in [3.05, 3.63) is 90.1 Å². The summed E-state index contributed by atoms with van der Waals surface area (Å²) in [5, 5.41) is 3.59. The molecule has 1 aromatic heterocycles. The van der Waals surface area contributed by atoms with Crippen LogP contribution in [0, 0.1) is 5.82 Å². The van der Waals surface area contributed by atoms with Crippen molar-refractivity contribution in [1.29, 1.82) is 0 Å². The summed E-state index contributed by atoms with van der Waals surface area (Å²) in [5.41, 5.74) is 1.12. The quantitative estimate of drug-likeness (QED) is 0.291.